The van der Waals surface area contributed by atoms with Crippen molar-refractivity contribution in [3.63, 3.8) is 0 Å². The molecule has 3 rings (SSSR count). The fraction of sp³-hybridized carbons (Fsp3) is 0.789. The van der Waals surface area contributed by atoms with E-state index in [9.17, 15) is 0 Å². The van der Waals surface area contributed by atoms with Crippen LogP contribution >= 0.6 is 0 Å². The molecule has 0 amide bonds. The number of nitrogens with zero attached hydrogens (tertiary/aromatic N) is 4. The van der Waals surface area contributed by atoms with Crippen LogP contribution in [-0.4, -0.2) is 59.2 Å². The van der Waals surface area contributed by atoms with Crippen LogP contribution in [0.15, 0.2) is 17.4 Å². The quantitative estimate of drug-likeness (QED) is 0.451. The van der Waals surface area contributed by atoms with Gasteiger partial charge in [-0.25, -0.2) is 4.98 Å². The second-order valence-corrected chi connectivity index (χ2v) is 7.44. The van der Waals surface area contributed by atoms with Gasteiger partial charge in [-0.2, -0.15) is 0 Å². The van der Waals surface area contributed by atoms with Gasteiger partial charge in [0.15, 0.2) is 5.96 Å². The zero-order valence-corrected chi connectivity index (χ0v) is 15.9. The van der Waals surface area contributed by atoms with Gasteiger partial charge in [-0.15, -0.1) is 0 Å². The molecule has 6 nitrogen and oxygen atoms in total. The summed E-state index contributed by atoms with van der Waals surface area (Å²) in [5.41, 5.74) is 0. The number of likely N-dealkylation sites (tertiary alicyclic amines) is 1. The predicted octanol–water partition coefficient (Wildman–Crippen LogP) is 2.15. The third-order valence-electron chi connectivity index (χ3n) is 5.67. The number of hydrogen-bond acceptors (Lipinski definition) is 3. The number of imidazole rings is 1. The molecular weight excluding hydrogens is 312 g/mol. The van der Waals surface area contributed by atoms with Gasteiger partial charge in [0.25, 0.3) is 0 Å². The average Bonchev–Trinajstić information content (AvgIpc) is 3.35. The zero-order valence-electron chi connectivity index (χ0n) is 15.9. The molecule has 1 saturated carbocycles. The third-order valence-corrected chi connectivity index (χ3v) is 5.67. The largest absolute Gasteiger partial charge is 0.356 e. The number of nitrogens with one attached hydrogen (secondary N) is 2. The second-order valence-electron chi connectivity index (χ2n) is 7.44. The number of aliphatic imine (C=N–C) groups is 1. The van der Waals surface area contributed by atoms with Crippen LogP contribution in [0.25, 0.3) is 0 Å². The van der Waals surface area contributed by atoms with Gasteiger partial charge in [-0.05, 0) is 39.0 Å². The standard InChI is InChI=1S/C19H34N6/c1-16-21-11-14-24(16)12-6-5-10-22-19(20-2)23-17-9-13-25(15-17)18-7-3-4-8-18/h11,14,17-18H,3-10,12-13,15H2,1-2H3,(H2,20,22,23). The van der Waals surface area contributed by atoms with E-state index in [2.05, 4.69) is 43.2 Å². The van der Waals surface area contributed by atoms with Crippen molar-refractivity contribution < 1.29 is 0 Å². The van der Waals surface area contributed by atoms with Crippen LogP contribution in [0.3, 0.4) is 0 Å². The van der Waals surface area contributed by atoms with Crippen molar-refractivity contribution in [3.8, 4) is 0 Å². The lowest BCUT2D eigenvalue weighted by molar-refractivity contribution is 0.242. The maximum Gasteiger partial charge on any atom is 0.191 e. The summed E-state index contributed by atoms with van der Waals surface area (Å²) in [5.74, 6) is 2.05. The fourth-order valence-corrected chi connectivity index (χ4v) is 4.15. The Hall–Kier alpha value is -1.56. The Morgan fingerprint density at radius 1 is 1.28 bits per heavy atom. The van der Waals surface area contributed by atoms with Crippen LogP contribution in [0.4, 0.5) is 0 Å². The van der Waals surface area contributed by atoms with Crippen molar-refractivity contribution in [2.24, 2.45) is 4.99 Å². The Balaban J connectivity index is 1.31. The molecule has 1 aromatic rings. The van der Waals surface area contributed by atoms with E-state index >= 15 is 0 Å². The summed E-state index contributed by atoms with van der Waals surface area (Å²) in [6, 6.07) is 1.38. The van der Waals surface area contributed by atoms with Gasteiger partial charge in [0.2, 0.25) is 0 Å². The molecular formula is C19H34N6. The maximum absolute atomic E-state index is 4.40. The summed E-state index contributed by atoms with van der Waals surface area (Å²) in [6.07, 6.45) is 13.1. The highest BCUT2D eigenvalue weighted by molar-refractivity contribution is 5.79. The number of aromatic nitrogens is 2. The van der Waals surface area contributed by atoms with E-state index in [1.54, 1.807) is 0 Å². The Kier molecular flexibility index (Phi) is 6.73. The van der Waals surface area contributed by atoms with Gasteiger partial charge < -0.3 is 15.2 Å². The van der Waals surface area contributed by atoms with Crippen molar-refractivity contribution in [1.82, 2.24) is 25.1 Å². The first-order valence-corrected chi connectivity index (χ1v) is 9.95. The van der Waals surface area contributed by atoms with Crippen LogP contribution in [0.5, 0.6) is 0 Å². The molecule has 2 heterocycles. The molecule has 0 aromatic carbocycles. The molecule has 1 aromatic heterocycles. The summed E-state index contributed by atoms with van der Waals surface area (Å²) in [6.45, 7) is 6.47. The lowest BCUT2D eigenvalue weighted by Gasteiger charge is -2.24. The van der Waals surface area contributed by atoms with Crippen LogP contribution in [0.1, 0.15) is 50.8 Å². The van der Waals surface area contributed by atoms with Crippen molar-refractivity contribution in [3.05, 3.63) is 18.2 Å². The Morgan fingerprint density at radius 2 is 2.12 bits per heavy atom. The summed E-state index contributed by atoms with van der Waals surface area (Å²) in [5, 5.41) is 7.09. The predicted molar refractivity (Wildman–Crippen MR) is 103 cm³/mol. The molecule has 1 saturated heterocycles. The number of guanidine groups is 1. The number of hydrogen-bond donors (Lipinski definition) is 2. The summed E-state index contributed by atoms with van der Waals surface area (Å²) >= 11 is 0. The summed E-state index contributed by atoms with van der Waals surface area (Å²) < 4.78 is 2.21. The van der Waals surface area contributed by atoms with Crippen LogP contribution < -0.4 is 10.6 Å². The van der Waals surface area contributed by atoms with Gasteiger partial charge in [0.1, 0.15) is 5.82 Å². The normalized spacial score (nSPS) is 22.6. The van der Waals surface area contributed by atoms with Crippen molar-refractivity contribution in [2.75, 3.05) is 26.7 Å². The van der Waals surface area contributed by atoms with Gasteiger partial charge in [-0.3, -0.25) is 9.89 Å². The minimum Gasteiger partial charge on any atom is -0.356 e. The summed E-state index contributed by atoms with van der Waals surface area (Å²) in [4.78, 5) is 11.3. The first-order chi connectivity index (χ1) is 12.3. The van der Waals surface area contributed by atoms with Crippen LogP contribution in [-0.2, 0) is 6.54 Å². The van der Waals surface area contributed by atoms with E-state index in [-0.39, 0.29) is 0 Å². The van der Waals surface area contributed by atoms with E-state index < -0.39 is 0 Å². The third kappa shape index (κ3) is 5.21. The smallest absolute Gasteiger partial charge is 0.191 e. The number of aryl methyl sites for hydroxylation is 2. The molecule has 6 heteroatoms. The molecule has 0 radical (unpaired) electrons. The number of unbranched alkanes of at least 4 members (excludes halogenated alkanes) is 1. The molecule has 140 valence electrons. The van der Waals surface area contributed by atoms with Crippen LogP contribution in [0, 0.1) is 6.92 Å². The van der Waals surface area contributed by atoms with E-state index in [1.807, 2.05) is 13.2 Å². The minimum absolute atomic E-state index is 0.542. The molecule has 2 fully saturated rings. The summed E-state index contributed by atoms with van der Waals surface area (Å²) in [7, 11) is 1.87. The fourth-order valence-electron chi connectivity index (χ4n) is 4.15. The average molecular weight is 347 g/mol. The Bertz CT molecular complexity index is 546. The highest BCUT2D eigenvalue weighted by Crippen LogP contribution is 2.26. The highest BCUT2D eigenvalue weighted by atomic mass is 15.3. The zero-order chi connectivity index (χ0) is 17.5. The molecule has 1 aliphatic heterocycles. The molecule has 1 unspecified atom stereocenters. The molecule has 25 heavy (non-hydrogen) atoms. The molecule has 0 spiro atoms. The topological polar surface area (TPSA) is 57.5 Å². The van der Waals surface area contributed by atoms with E-state index in [4.69, 9.17) is 0 Å². The van der Waals surface area contributed by atoms with Crippen molar-refractivity contribution in [1.29, 1.82) is 0 Å². The lowest BCUT2D eigenvalue weighted by atomic mass is 10.2. The highest BCUT2D eigenvalue weighted by Gasteiger charge is 2.30. The first kappa shape index (κ1) is 18.2. The van der Waals surface area contributed by atoms with Gasteiger partial charge in [-0.1, -0.05) is 12.8 Å². The minimum atomic E-state index is 0.542. The molecule has 2 aliphatic rings. The number of rotatable bonds is 7. The van der Waals surface area contributed by atoms with Crippen molar-refractivity contribution in [2.45, 2.75) is 70.5 Å². The monoisotopic (exact) mass is 346 g/mol. The van der Waals surface area contributed by atoms with E-state index in [0.717, 1.165) is 43.8 Å². The van der Waals surface area contributed by atoms with Crippen LogP contribution in [0.2, 0.25) is 0 Å². The first-order valence-electron chi connectivity index (χ1n) is 9.95. The van der Waals surface area contributed by atoms with E-state index in [0.29, 0.717) is 6.04 Å². The Labute approximate surface area is 152 Å². The molecule has 1 atom stereocenters. The SMILES string of the molecule is CN=C(NCCCCn1ccnc1C)NC1CCN(C2CCCC2)C1. The van der Waals surface area contributed by atoms with E-state index in [1.165, 1.54) is 45.2 Å². The second kappa shape index (κ2) is 9.22. The molecule has 1 aliphatic carbocycles. The van der Waals surface area contributed by atoms with Crippen molar-refractivity contribution >= 4 is 5.96 Å². The molecule has 2 N–H and O–H groups in total. The van der Waals surface area contributed by atoms with Gasteiger partial charge >= 0.3 is 0 Å². The lowest BCUT2D eigenvalue weighted by Crippen LogP contribution is -2.45. The Morgan fingerprint density at radius 3 is 2.84 bits per heavy atom. The van der Waals surface area contributed by atoms with Gasteiger partial charge in [0, 0.05) is 57.7 Å². The maximum atomic E-state index is 4.40. The van der Waals surface area contributed by atoms with Gasteiger partial charge in [0.05, 0.1) is 0 Å². The molecule has 0 bridgehead atoms.